The fraction of sp³-hybridized carbons (Fsp3) is 0.526. The minimum absolute atomic E-state index is 0.0359. The average molecular weight is 376 g/mol. The number of rotatable bonds is 5. The summed E-state index contributed by atoms with van der Waals surface area (Å²) in [6, 6.07) is 4.11. The summed E-state index contributed by atoms with van der Waals surface area (Å²) in [5.41, 5.74) is -1.20. The summed E-state index contributed by atoms with van der Waals surface area (Å²) in [7, 11) is 2.77. The molecule has 2 heterocycles. The number of amides is 2. The van der Waals surface area contributed by atoms with Crippen LogP contribution in [0.4, 0.5) is 0 Å². The van der Waals surface area contributed by atoms with Gasteiger partial charge in [0.2, 0.25) is 11.8 Å². The summed E-state index contributed by atoms with van der Waals surface area (Å²) in [5.74, 6) is -4.24. The van der Waals surface area contributed by atoms with Crippen molar-refractivity contribution in [1.29, 1.82) is 0 Å². The predicted octanol–water partition coefficient (Wildman–Crippen LogP) is -1.22. The van der Waals surface area contributed by atoms with Gasteiger partial charge in [0, 0.05) is 13.5 Å². The Morgan fingerprint density at radius 2 is 2.04 bits per heavy atom. The number of imide groups is 1. The third-order valence-electron chi connectivity index (χ3n) is 5.73. The molecule has 0 unspecified atom stereocenters. The highest BCUT2D eigenvalue weighted by molar-refractivity contribution is 6.08. The molecule has 8 nitrogen and oxygen atoms in total. The van der Waals surface area contributed by atoms with Gasteiger partial charge in [-0.3, -0.25) is 14.5 Å². The number of ether oxygens (including phenoxy) is 1. The largest absolute Gasteiger partial charge is 0.544 e. The maximum Gasteiger partial charge on any atom is 0.239 e. The molecule has 146 valence electrons. The van der Waals surface area contributed by atoms with Crippen LogP contribution in [0.1, 0.15) is 31.9 Å². The fourth-order valence-corrected chi connectivity index (χ4v) is 4.67. The van der Waals surface area contributed by atoms with Crippen LogP contribution in [0.5, 0.6) is 11.5 Å². The number of hydrogen-bond donors (Lipinski definition) is 2. The van der Waals surface area contributed by atoms with Gasteiger partial charge in [-0.05, 0) is 18.1 Å². The molecule has 2 saturated heterocycles. The van der Waals surface area contributed by atoms with Crippen LogP contribution >= 0.6 is 0 Å². The van der Waals surface area contributed by atoms with Crippen molar-refractivity contribution in [1.82, 2.24) is 4.90 Å². The molecular formula is C19H24N2O6. The number of nitrogens with zero attached hydrogens (tertiary/aromatic N) is 1. The Hall–Kier alpha value is -2.61. The van der Waals surface area contributed by atoms with Gasteiger partial charge in [0.1, 0.15) is 29.4 Å². The minimum atomic E-state index is -1.57. The molecule has 0 spiro atoms. The van der Waals surface area contributed by atoms with Crippen molar-refractivity contribution in [2.45, 2.75) is 31.8 Å². The first-order valence-corrected chi connectivity index (χ1v) is 8.90. The number of nitrogens with two attached hydrogens (primary N) is 1. The molecule has 2 aliphatic rings. The van der Waals surface area contributed by atoms with E-state index in [9.17, 15) is 24.6 Å². The summed E-state index contributed by atoms with van der Waals surface area (Å²) in [4.78, 5) is 38.8. The molecule has 2 amide bonds. The van der Waals surface area contributed by atoms with Gasteiger partial charge in [0.05, 0.1) is 12.7 Å². The van der Waals surface area contributed by atoms with Gasteiger partial charge in [-0.2, -0.15) is 0 Å². The molecule has 0 saturated carbocycles. The molecule has 0 aliphatic carbocycles. The Kier molecular flexibility index (Phi) is 4.63. The maximum absolute atomic E-state index is 12.8. The van der Waals surface area contributed by atoms with Gasteiger partial charge in [-0.1, -0.05) is 19.9 Å². The summed E-state index contributed by atoms with van der Waals surface area (Å²) in [5, 5.41) is 24.3. The summed E-state index contributed by atoms with van der Waals surface area (Å²) in [6.07, 6.45) is 0.171. The van der Waals surface area contributed by atoms with E-state index in [0.717, 1.165) is 4.90 Å². The van der Waals surface area contributed by atoms with E-state index >= 15 is 0 Å². The van der Waals surface area contributed by atoms with Crippen molar-refractivity contribution >= 4 is 17.8 Å². The Balaban J connectivity index is 2.18. The molecule has 0 bridgehead atoms. The number of phenolic OH excluding ortho intramolecular Hbond substituents is 1. The third kappa shape index (κ3) is 2.66. The monoisotopic (exact) mass is 376 g/mol. The second kappa shape index (κ2) is 6.53. The molecule has 0 aromatic heterocycles. The molecule has 27 heavy (non-hydrogen) atoms. The van der Waals surface area contributed by atoms with E-state index < -0.39 is 41.2 Å². The quantitative estimate of drug-likeness (QED) is 0.621. The van der Waals surface area contributed by atoms with E-state index in [4.69, 9.17) is 4.74 Å². The number of quaternary nitrogens is 1. The molecule has 3 N–H and O–H groups in total. The second-order valence-electron chi connectivity index (χ2n) is 7.76. The zero-order valence-electron chi connectivity index (χ0n) is 15.8. The number of methoxy groups -OCH3 is 1. The number of benzene rings is 1. The van der Waals surface area contributed by atoms with Crippen LogP contribution in [-0.2, 0) is 14.4 Å². The van der Waals surface area contributed by atoms with Crippen molar-refractivity contribution in [3.05, 3.63) is 23.8 Å². The number of carboxylic acids is 1. The molecular weight excluding hydrogens is 352 g/mol. The number of phenols is 1. The van der Waals surface area contributed by atoms with Crippen LogP contribution in [-0.4, -0.2) is 47.5 Å². The smallest absolute Gasteiger partial charge is 0.239 e. The Labute approximate surface area is 157 Å². The Morgan fingerprint density at radius 1 is 1.37 bits per heavy atom. The first-order chi connectivity index (χ1) is 12.7. The normalized spacial score (nSPS) is 30.1. The predicted molar refractivity (Wildman–Crippen MR) is 91.3 cm³/mol. The fourth-order valence-electron chi connectivity index (χ4n) is 4.67. The molecule has 1 aromatic carbocycles. The number of carbonyl (C=O) groups excluding carboxylic acids is 3. The van der Waals surface area contributed by atoms with E-state index in [1.807, 2.05) is 13.8 Å². The van der Waals surface area contributed by atoms with Gasteiger partial charge in [0.25, 0.3) is 0 Å². The summed E-state index contributed by atoms with van der Waals surface area (Å²) >= 11 is 0. The van der Waals surface area contributed by atoms with Gasteiger partial charge in [0.15, 0.2) is 11.5 Å². The van der Waals surface area contributed by atoms with Crippen molar-refractivity contribution in [2.75, 3.05) is 14.2 Å². The first kappa shape index (κ1) is 19.2. The topological polar surface area (TPSA) is 124 Å². The van der Waals surface area contributed by atoms with Crippen molar-refractivity contribution in [3.8, 4) is 11.5 Å². The standard InChI is InChI=1S/C19H24N2O6/c1-9(2)8-19(18(25)26)13-12(16(23)21(3)17(13)24)14(20-19)10-6-5-7-11(27-4)15(10)22/h5-7,9,12-14,20,22H,8H2,1-4H3,(H,25,26)/t12-,13-,14-,19-/m0/s1. The van der Waals surface area contributed by atoms with Crippen LogP contribution in [0.15, 0.2) is 18.2 Å². The zero-order chi connectivity index (χ0) is 20.1. The van der Waals surface area contributed by atoms with Gasteiger partial charge >= 0.3 is 0 Å². The number of carbonyl (C=O) groups is 3. The highest BCUT2D eigenvalue weighted by Crippen LogP contribution is 2.48. The van der Waals surface area contributed by atoms with E-state index in [1.165, 1.54) is 19.5 Å². The highest BCUT2D eigenvalue weighted by Gasteiger charge is 2.69. The van der Waals surface area contributed by atoms with Crippen LogP contribution in [0, 0.1) is 17.8 Å². The van der Waals surface area contributed by atoms with Gasteiger partial charge < -0.3 is 25.1 Å². The lowest BCUT2D eigenvalue weighted by Gasteiger charge is -2.33. The summed E-state index contributed by atoms with van der Waals surface area (Å²) in [6.45, 7) is 3.71. The van der Waals surface area contributed by atoms with Crippen molar-refractivity contribution in [3.63, 3.8) is 0 Å². The van der Waals surface area contributed by atoms with Crippen molar-refractivity contribution < 1.29 is 34.7 Å². The summed E-state index contributed by atoms with van der Waals surface area (Å²) < 4.78 is 5.13. The number of para-hydroxylation sites is 1. The van der Waals surface area contributed by atoms with Gasteiger partial charge in [-0.25, -0.2) is 0 Å². The molecule has 1 aromatic rings. The van der Waals surface area contributed by atoms with Crippen molar-refractivity contribution in [2.24, 2.45) is 17.8 Å². The Morgan fingerprint density at radius 3 is 2.59 bits per heavy atom. The number of fused-ring (bicyclic) bond motifs is 1. The number of aliphatic carboxylic acids is 1. The average Bonchev–Trinajstić information content (AvgIpc) is 3.05. The van der Waals surface area contributed by atoms with E-state index in [0.29, 0.717) is 5.56 Å². The number of hydrogen-bond acceptors (Lipinski definition) is 6. The lowest BCUT2D eigenvalue weighted by molar-refractivity contribution is -0.740. The minimum Gasteiger partial charge on any atom is -0.544 e. The van der Waals surface area contributed by atoms with Crippen LogP contribution < -0.4 is 15.2 Å². The molecule has 4 atom stereocenters. The molecule has 3 rings (SSSR count). The Bertz CT molecular complexity index is 807. The number of likely N-dealkylation sites (tertiary alicyclic amines) is 1. The lowest BCUT2D eigenvalue weighted by Crippen LogP contribution is -2.99. The number of carboxylic acid groups (broad SMARTS) is 1. The van der Waals surface area contributed by atoms with E-state index in [-0.39, 0.29) is 23.8 Å². The molecule has 8 heteroatoms. The van der Waals surface area contributed by atoms with Crippen LogP contribution in [0.2, 0.25) is 0 Å². The third-order valence-corrected chi connectivity index (χ3v) is 5.73. The van der Waals surface area contributed by atoms with E-state index in [2.05, 4.69) is 0 Å². The van der Waals surface area contributed by atoms with E-state index in [1.54, 1.807) is 18.2 Å². The first-order valence-electron chi connectivity index (χ1n) is 8.90. The number of aromatic hydroxyl groups is 1. The van der Waals surface area contributed by atoms with Crippen LogP contribution in [0.25, 0.3) is 0 Å². The van der Waals surface area contributed by atoms with Gasteiger partial charge in [-0.15, -0.1) is 0 Å². The molecule has 0 radical (unpaired) electrons. The second-order valence-corrected chi connectivity index (χ2v) is 7.76. The molecule has 2 aliphatic heterocycles. The maximum atomic E-state index is 12.8. The SMILES string of the molecule is COc1cccc([C@@H]2[NH2+][C@](CC(C)C)(C(=O)[O-])[C@@H]3C(=O)N(C)C(=O)[C@@H]32)c1O. The van der Waals surface area contributed by atoms with Crippen LogP contribution in [0.3, 0.4) is 0 Å². The zero-order valence-corrected chi connectivity index (χ0v) is 15.8. The lowest BCUT2D eigenvalue weighted by atomic mass is 9.75. The molecule has 2 fully saturated rings. The highest BCUT2D eigenvalue weighted by atomic mass is 16.5.